The predicted octanol–water partition coefficient (Wildman–Crippen LogP) is 3.46. The van der Waals surface area contributed by atoms with Gasteiger partial charge in [0.2, 0.25) is 5.88 Å². The van der Waals surface area contributed by atoms with Crippen LogP contribution in [0.2, 0.25) is 0 Å². The molecule has 0 saturated carbocycles. The number of nitrogens with two attached hydrogens (primary N) is 1. The Morgan fingerprint density at radius 3 is 2.62 bits per heavy atom. The summed E-state index contributed by atoms with van der Waals surface area (Å²) in [6.07, 6.45) is 1.70. The third kappa shape index (κ3) is 3.67. The van der Waals surface area contributed by atoms with Crippen molar-refractivity contribution in [2.75, 3.05) is 6.61 Å². The van der Waals surface area contributed by atoms with E-state index in [2.05, 4.69) is 36.0 Å². The number of allylic oxidation sites excluding steroid dienone is 1. The molecule has 0 aromatic heterocycles. The van der Waals surface area contributed by atoms with Gasteiger partial charge in [-0.3, -0.25) is 0 Å². The zero-order chi connectivity index (χ0) is 20.2. The fraction of sp³-hybridized carbons (Fsp3) is 0.348. The first kappa shape index (κ1) is 19.3. The summed E-state index contributed by atoms with van der Waals surface area (Å²) in [7, 11) is 0. The summed E-state index contributed by atoms with van der Waals surface area (Å²) >= 11 is 0. The molecule has 4 atom stereocenters. The van der Waals surface area contributed by atoms with Gasteiger partial charge in [-0.15, -0.1) is 0 Å². The van der Waals surface area contributed by atoms with Crippen LogP contribution in [-0.2, 0) is 4.74 Å². The quantitative estimate of drug-likeness (QED) is 0.654. The summed E-state index contributed by atoms with van der Waals surface area (Å²) in [5.74, 6) is 0.663. The van der Waals surface area contributed by atoms with Gasteiger partial charge in [-0.2, -0.15) is 5.26 Å². The molecule has 2 aromatic rings. The van der Waals surface area contributed by atoms with Gasteiger partial charge in [0, 0.05) is 17.4 Å². The number of para-hydroxylation sites is 1. The second-order valence-corrected chi connectivity index (χ2v) is 7.40. The summed E-state index contributed by atoms with van der Waals surface area (Å²) in [4.78, 5) is 0. The summed E-state index contributed by atoms with van der Waals surface area (Å²) in [5, 5.41) is 9.93. The number of rotatable bonds is 6. The summed E-state index contributed by atoms with van der Waals surface area (Å²) in [6, 6.07) is 20.4. The molecule has 4 N–H and O–H groups in total. The highest BCUT2D eigenvalue weighted by Gasteiger charge is 2.49. The Kier molecular flexibility index (Phi) is 5.70. The lowest BCUT2D eigenvalue weighted by atomic mass is 9.74. The van der Waals surface area contributed by atoms with Gasteiger partial charge in [0.05, 0.1) is 18.2 Å². The Morgan fingerprint density at radius 2 is 1.86 bits per heavy atom. The summed E-state index contributed by atoms with van der Waals surface area (Å²) < 4.78 is 12.0. The van der Waals surface area contributed by atoms with Gasteiger partial charge in [-0.25, -0.2) is 10.9 Å². The molecular weight excluding hydrogens is 364 g/mol. The van der Waals surface area contributed by atoms with E-state index in [0.29, 0.717) is 12.2 Å². The number of ether oxygens (including phenoxy) is 2. The maximum atomic E-state index is 9.93. The smallest absolute Gasteiger partial charge is 0.200 e. The first-order valence-corrected chi connectivity index (χ1v) is 10.1. The number of hydrogen-bond donors (Lipinski definition) is 3. The molecule has 2 aliphatic rings. The molecule has 29 heavy (non-hydrogen) atoms. The van der Waals surface area contributed by atoms with E-state index < -0.39 is 0 Å². The molecule has 2 aromatic carbocycles. The number of nitrogens with zero attached hydrogens (tertiary/aromatic N) is 1. The molecule has 2 aliphatic heterocycles. The fourth-order valence-corrected chi connectivity index (χ4v) is 4.21. The Bertz CT molecular complexity index is 922. The number of nitrogens with one attached hydrogen (secondary N) is 2. The molecule has 150 valence electrons. The Morgan fingerprint density at radius 1 is 1.10 bits per heavy atom. The Balaban J connectivity index is 1.78. The van der Waals surface area contributed by atoms with Crippen LogP contribution in [0.1, 0.15) is 42.9 Å². The summed E-state index contributed by atoms with van der Waals surface area (Å²) in [5.41, 5.74) is 15.3. The molecule has 0 radical (unpaired) electrons. The van der Waals surface area contributed by atoms with Crippen LogP contribution >= 0.6 is 0 Å². The van der Waals surface area contributed by atoms with Gasteiger partial charge in [-0.05, 0) is 18.1 Å². The van der Waals surface area contributed by atoms with E-state index in [-0.39, 0.29) is 30.0 Å². The molecule has 6 nitrogen and oxygen atoms in total. The third-order valence-electron chi connectivity index (χ3n) is 5.62. The highest BCUT2D eigenvalue weighted by Crippen LogP contribution is 2.49. The Labute approximate surface area is 171 Å². The maximum absolute atomic E-state index is 9.93. The number of hydrogen-bond acceptors (Lipinski definition) is 6. The minimum Gasteiger partial charge on any atom is -0.493 e. The van der Waals surface area contributed by atoms with Crippen molar-refractivity contribution in [3.63, 3.8) is 0 Å². The fourth-order valence-electron chi connectivity index (χ4n) is 4.21. The molecule has 0 spiro atoms. The van der Waals surface area contributed by atoms with Crippen molar-refractivity contribution in [1.29, 1.82) is 5.26 Å². The van der Waals surface area contributed by atoms with Crippen LogP contribution in [0.5, 0.6) is 5.75 Å². The van der Waals surface area contributed by atoms with E-state index in [4.69, 9.17) is 15.2 Å². The maximum Gasteiger partial charge on any atom is 0.200 e. The number of unbranched alkanes of at least 4 members (excludes halogenated alkanes) is 1. The Hall–Kier alpha value is -3.01. The summed E-state index contributed by atoms with van der Waals surface area (Å²) in [6.45, 7) is 2.78. The van der Waals surface area contributed by atoms with Crippen molar-refractivity contribution in [2.45, 2.75) is 38.0 Å². The van der Waals surface area contributed by atoms with Crippen LogP contribution in [-0.4, -0.2) is 12.8 Å². The van der Waals surface area contributed by atoms with Crippen molar-refractivity contribution in [3.8, 4) is 11.8 Å². The van der Waals surface area contributed by atoms with E-state index in [1.54, 1.807) is 0 Å². The van der Waals surface area contributed by atoms with Crippen molar-refractivity contribution in [3.05, 3.63) is 77.2 Å². The highest BCUT2D eigenvalue weighted by atomic mass is 16.5. The largest absolute Gasteiger partial charge is 0.493 e. The molecule has 0 amide bonds. The van der Waals surface area contributed by atoms with Gasteiger partial charge in [0.1, 0.15) is 11.8 Å². The van der Waals surface area contributed by atoms with Crippen molar-refractivity contribution >= 4 is 0 Å². The predicted molar refractivity (Wildman–Crippen MR) is 110 cm³/mol. The van der Waals surface area contributed by atoms with Gasteiger partial charge >= 0.3 is 0 Å². The van der Waals surface area contributed by atoms with Crippen LogP contribution < -0.4 is 21.3 Å². The minimum absolute atomic E-state index is 0.0358. The lowest BCUT2D eigenvalue weighted by Gasteiger charge is -2.36. The van der Waals surface area contributed by atoms with Crippen LogP contribution in [0.15, 0.2) is 66.1 Å². The van der Waals surface area contributed by atoms with Crippen LogP contribution in [0.4, 0.5) is 0 Å². The zero-order valence-electron chi connectivity index (χ0n) is 16.5. The number of hydrazine groups is 1. The number of fused-ring (bicyclic) bond motifs is 1. The molecule has 4 rings (SSSR count). The lowest BCUT2D eigenvalue weighted by molar-refractivity contribution is 0.0337. The average molecular weight is 390 g/mol. The van der Waals surface area contributed by atoms with E-state index in [1.807, 2.05) is 42.5 Å². The van der Waals surface area contributed by atoms with Crippen LogP contribution in [0.25, 0.3) is 0 Å². The van der Waals surface area contributed by atoms with Gasteiger partial charge in [-0.1, -0.05) is 61.9 Å². The second-order valence-electron chi connectivity index (χ2n) is 7.40. The standard InChI is InChI=1S/C23H26N4O2/c1-2-3-13-28-18-12-8-7-11-16(18)19-17(14-24)22(25)29-23-20(19)21(26-27-23)15-9-5-4-6-10-15/h4-12,19-21,23,26-27H,2-3,13,25H2,1H3. The zero-order valence-corrected chi connectivity index (χ0v) is 16.5. The molecule has 6 heteroatoms. The topological polar surface area (TPSA) is 92.3 Å². The van der Waals surface area contributed by atoms with E-state index in [0.717, 1.165) is 29.7 Å². The lowest BCUT2D eigenvalue weighted by Crippen LogP contribution is -2.41. The minimum atomic E-state index is -0.342. The van der Waals surface area contributed by atoms with E-state index in [9.17, 15) is 5.26 Å². The molecule has 0 aliphatic carbocycles. The van der Waals surface area contributed by atoms with E-state index in [1.165, 1.54) is 0 Å². The monoisotopic (exact) mass is 390 g/mol. The van der Waals surface area contributed by atoms with Crippen molar-refractivity contribution in [1.82, 2.24) is 10.9 Å². The van der Waals surface area contributed by atoms with Crippen molar-refractivity contribution < 1.29 is 9.47 Å². The van der Waals surface area contributed by atoms with Gasteiger partial charge in [0.25, 0.3) is 0 Å². The van der Waals surface area contributed by atoms with Gasteiger partial charge < -0.3 is 15.2 Å². The number of benzene rings is 2. The van der Waals surface area contributed by atoms with E-state index >= 15 is 0 Å². The molecule has 2 heterocycles. The van der Waals surface area contributed by atoms with Crippen LogP contribution in [0, 0.1) is 17.2 Å². The number of nitriles is 1. The molecular formula is C23H26N4O2. The molecule has 0 bridgehead atoms. The first-order chi connectivity index (χ1) is 14.2. The SMILES string of the molecule is CCCCOc1ccccc1C1C(C#N)=C(N)OC2NNC(c3ccccc3)C21. The average Bonchev–Trinajstić information content (AvgIpc) is 3.17. The molecule has 1 fully saturated rings. The van der Waals surface area contributed by atoms with Gasteiger partial charge in [0.15, 0.2) is 6.23 Å². The van der Waals surface area contributed by atoms with Crippen molar-refractivity contribution in [2.24, 2.45) is 11.7 Å². The molecule has 1 saturated heterocycles. The third-order valence-corrected chi connectivity index (χ3v) is 5.62. The first-order valence-electron chi connectivity index (χ1n) is 10.1. The normalized spacial score (nSPS) is 25.8. The molecule has 4 unspecified atom stereocenters. The van der Waals surface area contributed by atoms with Crippen LogP contribution in [0.3, 0.4) is 0 Å². The second kappa shape index (κ2) is 8.56. The highest BCUT2D eigenvalue weighted by molar-refractivity contribution is 5.48.